The molecule has 0 spiro atoms. The normalized spacial score (nSPS) is 19.0. The molecule has 2 aromatic carbocycles. The van der Waals surface area contributed by atoms with E-state index in [0.29, 0.717) is 30.8 Å². The summed E-state index contributed by atoms with van der Waals surface area (Å²) >= 11 is 0. The van der Waals surface area contributed by atoms with Crippen LogP contribution in [0.5, 0.6) is 0 Å². The molecule has 4 heterocycles. The van der Waals surface area contributed by atoms with Crippen molar-refractivity contribution in [2.75, 3.05) is 18.0 Å². The smallest absolute Gasteiger partial charge is 0.332 e. The Balaban J connectivity index is 1.29. The number of nitrogens with zero attached hydrogens (tertiary/aromatic N) is 4. The number of rotatable bonds is 6. The summed E-state index contributed by atoms with van der Waals surface area (Å²) in [6.45, 7) is 3.40. The topological polar surface area (TPSA) is 103 Å². The molecule has 1 atom stereocenters. The second-order valence-corrected chi connectivity index (χ2v) is 9.35. The van der Waals surface area contributed by atoms with Crippen LogP contribution < -0.4 is 10.2 Å². The maximum absolute atomic E-state index is 14.0. The highest BCUT2D eigenvalue weighted by Crippen LogP contribution is 2.45. The van der Waals surface area contributed by atoms with Gasteiger partial charge in [0.1, 0.15) is 0 Å². The Hall–Kier alpha value is -4.40. The number of carbonyl (C=O) groups is 3. The molecule has 6 rings (SSSR count). The van der Waals surface area contributed by atoms with Gasteiger partial charge >= 0.3 is 6.03 Å². The molecule has 1 saturated heterocycles. The summed E-state index contributed by atoms with van der Waals surface area (Å²) in [6, 6.07) is 14.3. The number of hydrogen-bond donors (Lipinski definition) is 2. The quantitative estimate of drug-likeness (QED) is 0.325. The number of anilines is 1. The number of nitrogens with one attached hydrogen (secondary N) is 2. The van der Waals surface area contributed by atoms with Gasteiger partial charge in [-0.15, -0.1) is 0 Å². The van der Waals surface area contributed by atoms with Gasteiger partial charge in [-0.3, -0.25) is 9.59 Å². The molecule has 2 aromatic heterocycles. The number of H-pyrrole nitrogens is 1. The zero-order valence-electron chi connectivity index (χ0n) is 19.9. The lowest BCUT2D eigenvalue weighted by atomic mass is 9.87. The molecule has 1 unspecified atom stereocenters. The number of aromatic amines is 1. The summed E-state index contributed by atoms with van der Waals surface area (Å²) in [5.41, 5.74) is 2.18. The third-order valence-electron chi connectivity index (χ3n) is 7.29. The molecule has 2 aliphatic heterocycles. The number of fused-ring (bicyclic) bond motifs is 5. The third-order valence-corrected chi connectivity index (χ3v) is 7.29. The average Bonchev–Trinajstić information content (AvgIpc) is 3.59. The molecule has 2 aliphatic rings. The van der Waals surface area contributed by atoms with E-state index in [1.54, 1.807) is 48.6 Å². The number of hydrogen-bond acceptors (Lipinski definition) is 4. The molecule has 2 N–H and O–H groups in total. The first-order valence-corrected chi connectivity index (χ1v) is 12.1. The lowest BCUT2D eigenvalue weighted by molar-refractivity contribution is -0.125. The average molecular weight is 483 g/mol. The van der Waals surface area contributed by atoms with Crippen LogP contribution in [0, 0.1) is 0 Å². The maximum Gasteiger partial charge on any atom is 0.332 e. The fourth-order valence-electron chi connectivity index (χ4n) is 5.44. The fourth-order valence-corrected chi connectivity index (χ4v) is 5.44. The molecule has 0 radical (unpaired) electrons. The van der Waals surface area contributed by atoms with Gasteiger partial charge in [0.2, 0.25) is 0 Å². The minimum atomic E-state index is -1.17. The van der Waals surface area contributed by atoms with Crippen molar-refractivity contribution in [3.63, 3.8) is 0 Å². The van der Waals surface area contributed by atoms with Crippen LogP contribution in [-0.4, -0.2) is 50.4 Å². The number of imidazole rings is 1. The largest absolute Gasteiger partial charge is 0.356 e. The number of amides is 4. The number of imide groups is 1. The molecule has 4 amide bonds. The van der Waals surface area contributed by atoms with Crippen molar-refractivity contribution in [3.8, 4) is 0 Å². The van der Waals surface area contributed by atoms with Crippen LogP contribution >= 0.6 is 0 Å². The van der Waals surface area contributed by atoms with E-state index in [1.165, 1.54) is 4.90 Å². The minimum Gasteiger partial charge on any atom is -0.356 e. The van der Waals surface area contributed by atoms with Crippen LogP contribution in [0.3, 0.4) is 0 Å². The first-order valence-electron chi connectivity index (χ1n) is 12.1. The van der Waals surface area contributed by atoms with E-state index in [4.69, 9.17) is 0 Å². The summed E-state index contributed by atoms with van der Waals surface area (Å²) < 4.78 is 1.94. The molecule has 0 saturated carbocycles. The number of urea groups is 1. The number of aromatic nitrogens is 3. The van der Waals surface area contributed by atoms with E-state index in [2.05, 4.69) is 15.3 Å². The van der Waals surface area contributed by atoms with Crippen LogP contribution in [0.2, 0.25) is 0 Å². The minimum absolute atomic E-state index is 0.294. The van der Waals surface area contributed by atoms with Crippen molar-refractivity contribution in [3.05, 3.63) is 84.1 Å². The van der Waals surface area contributed by atoms with Crippen LogP contribution in [0.15, 0.2) is 67.3 Å². The van der Waals surface area contributed by atoms with Crippen molar-refractivity contribution < 1.29 is 14.4 Å². The van der Waals surface area contributed by atoms with Crippen molar-refractivity contribution in [2.45, 2.75) is 31.8 Å². The Morgan fingerprint density at radius 1 is 1.14 bits per heavy atom. The first-order chi connectivity index (χ1) is 17.5. The van der Waals surface area contributed by atoms with Crippen LogP contribution in [0.25, 0.3) is 10.9 Å². The molecule has 1 fully saturated rings. The van der Waals surface area contributed by atoms with Crippen molar-refractivity contribution in [2.24, 2.45) is 0 Å². The van der Waals surface area contributed by atoms with Gasteiger partial charge in [0.15, 0.2) is 5.54 Å². The Morgan fingerprint density at radius 2 is 1.94 bits per heavy atom. The second kappa shape index (κ2) is 8.37. The predicted octanol–water partition coefficient (Wildman–Crippen LogP) is 3.42. The van der Waals surface area contributed by atoms with Gasteiger partial charge in [-0.05, 0) is 43.5 Å². The second-order valence-electron chi connectivity index (χ2n) is 9.35. The highest BCUT2D eigenvalue weighted by atomic mass is 16.2. The van der Waals surface area contributed by atoms with Gasteiger partial charge in [0, 0.05) is 42.9 Å². The Kier molecular flexibility index (Phi) is 5.13. The number of aryl methyl sites for hydroxylation is 1. The molecular formula is C27H26N6O3. The maximum atomic E-state index is 14.0. The molecule has 9 heteroatoms. The Morgan fingerprint density at radius 3 is 2.78 bits per heavy atom. The predicted molar refractivity (Wildman–Crippen MR) is 135 cm³/mol. The SMILES string of the molecule is CC12C(=O)N(c3ccccc3C(=O)NCCCn3ccnc3)C(=O)N1CCc1c2[nH]c2ccccc12. The molecular weight excluding hydrogens is 456 g/mol. The summed E-state index contributed by atoms with van der Waals surface area (Å²) in [4.78, 5) is 50.9. The Bertz CT molecular complexity index is 1490. The summed E-state index contributed by atoms with van der Waals surface area (Å²) in [5, 5.41) is 3.99. The first kappa shape index (κ1) is 22.1. The third kappa shape index (κ3) is 3.23. The van der Waals surface area contributed by atoms with Crippen molar-refractivity contribution >= 4 is 34.4 Å². The van der Waals surface area contributed by atoms with Gasteiger partial charge in [0.25, 0.3) is 11.8 Å². The van der Waals surface area contributed by atoms with E-state index < -0.39 is 11.6 Å². The number of para-hydroxylation sites is 2. The fraction of sp³-hybridized carbons (Fsp3) is 0.259. The van der Waals surface area contributed by atoms with Gasteiger partial charge in [0.05, 0.1) is 23.3 Å². The molecule has 0 aliphatic carbocycles. The molecule has 36 heavy (non-hydrogen) atoms. The van der Waals surface area contributed by atoms with E-state index in [-0.39, 0.29) is 11.8 Å². The zero-order chi connectivity index (χ0) is 24.9. The van der Waals surface area contributed by atoms with Gasteiger partial charge in [-0.1, -0.05) is 30.3 Å². The molecule has 0 bridgehead atoms. The van der Waals surface area contributed by atoms with Crippen LogP contribution in [0.1, 0.15) is 35.0 Å². The van der Waals surface area contributed by atoms with Crippen LogP contribution in [-0.2, 0) is 23.3 Å². The molecule has 182 valence electrons. The van der Waals surface area contributed by atoms with E-state index in [1.807, 2.05) is 35.0 Å². The lowest BCUT2D eigenvalue weighted by Gasteiger charge is -2.35. The standard InChI is InChI=1S/C27H26N6O3/c1-27-23-19(18-7-2-4-9-21(18)30-23)11-15-32(27)26(36)33(25(27)35)22-10-5-3-8-20(22)24(34)29-12-6-14-31-16-13-28-17-31/h2-5,7-10,13,16-17,30H,6,11-12,14-15H2,1H3,(H,29,34). The summed E-state index contributed by atoms with van der Waals surface area (Å²) in [7, 11) is 0. The van der Waals surface area contributed by atoms with Gasteiger partial charge in [-0.2, -0.15) is 0 Å². The van der Waals surface area contributed by atoms with Gasteiger partial charge in [-0.25, -0.2) is 14.7 Å². The molecule has 9 nitrogen and oxygen atoms in total. The number of carbonyl (C=O) groups excluding carboxylic acids is 3. The zero-order valence-corrected chi connectivity index (χ0v) is 19.9. The highest BCUT2D eigenvalue weighted by molar-refractivity contribution is 6.25. The van der Waals surface area contributed by atoms with Gasteiger partial charge < -0.3 is 19.8 Å². The molecule has 4 aromatic rings. The monoisotopic (exact) mass is 482 g/mol. The summed E-state index contributed by atoms with van der Waals surface area (Å²) in [5.74, 6) is -0.682. The number of benzene rings is 2. The summed E-state index contributed by atoms with van der Waals surface area (Å²) in [6.07, 6.45) is 6.69. The van der Waals surface area contributed by atoms with Crippen molar-refractivity contribution in [1.82, 2.24) is 24.8 Å². The van der Waals surface area contributed by atoms with Crippen molar-refractivity contribution in [1.29, 1.82) is 0 Å². The highest BCUT2D eigenvalue weighted by Gasteiger charge is 2.59. The van der Waals surface area contributed by atoms with E-state index in [0.717, 1.165) is 35.1 Å². The van der Waals surface area contributed by atoms with Crippen LogP contribution in [0.4, 0.5) is 10.5 Å². The van der Waals surface area contributed by atoms with E-state index >= 15 is 0 Å². The lowest BCUT2D eigenvalue weighted by Crippen LogP contribution is -2.49. The Labute approximate surface area is 207 Å². The van der Waals surface area contributed by atoms with E-state index in [9.17, 15) is 14.4 Å².